The van der Waals surface area contributed by atoms with Crippen LogP contribution in [-0.2, 0) is 11.3 Å². The number of aromatic nitrogens is 2. The fraction of sp³-hybridized carbons (Fsp3) is 0.810. The molecule has 2 aliphatic heterocycles. The van der Waals surface area contributed by atoms with Crippen molar-refractivity contribution in [1.82, 2.24) is 19.6 Å². The molecule has 1 aromatic heterocycles. The van der Waals surface area contributed by atoms with Crippen molar-refractivity contribution < 1.29 is 4.79 Å². The summed E-state index contributed by atoms with van der Waals surface area (Å²) >= 11 is 0. The summed E-state index contributed by atoms with van der Waals surface area (Å²) in [4.78, 5) is 17.5. The van der Waals surface area contributed by atoms with Crippen LogP contribution in [-0.4, -0.2) is 58.2 Å². The Kier molecular flexibility index (Phi) is 5.35. The lowest BCUT2D eigenvalue weighted by atomic mass is 9.78. The minimum Gasteiger partial charge on any atom is -0.340 e. The van der Waals surface area contributed by atoms with Gasteiger partial charge in [-0.2, -0.15) is 5.10 Å². The third kappa shape index (κ3) is 4.13. The number of rotatable bonds is 4. The summed E-state index contributed by atoms with van der Waals surface area (Å²) in [5.41, 5.74) is 1.32. The molecule has 1 aliphatic carbocycles. The van der Waals surface area contributed by atoms with Gasteiger partial charge in [0.05, 0.1) is 5.69 Å². The summed E-state index contributed by atoms with van der Waals surface area (Å²) in [5.74, 6) is 1.15. The van der Waals surface area contributed by atoms with E-state index in [9.17, 15) is 4.79 Å². The van der Waals surface area contributed by atoms with Gasteiger partial charge >= 0.3 is 0 Å². The van der Waals surface area contributed by atoms with Gasteiger partial charge in [-0.3, -0.25) is 9.48 Å². The molecule has 1 amide bonds. The smallest absolute Gasteiger partial charge is 0.244 e. The lowest BCUT2D eigenvalue weighted by Crippen LogP contribution is -2.47. The summed E-state index contributed by atoms with van der Waals surface area (Å²) < 4.78 is 1.78. The van der Waals surface area contributed by atoms with Crippen LogP contribution >= 0.6 is 0 Å². The summed E-state index contributed by atoms with van der Waals surface area (Å²) in [7, 11) is 0. The second-order valence-corrected chi connectivity index (χ2v) is 9.06. The number of aryl methyl sites for hydroxylation is 1. The molecule has 2 saturated heterocycles. The molecule has 1 atom stereocenters. The largest absolute Gasteiger partial charge is 0.340 e. The van der Waals surface area contributed by atoms with Crippen LogP contribution in [0.1, 0.15) is 57.1 Å². The Morgan fingerprint density at radius 2 is 2.00 bits per heavy atom. The van der Waals surface area contributed by atoms with Crippen molar-refractivity contribution in [2.75, 3.05) is 32.7 Å². The van der Waals surface area contributed by atoms with Gasteiger partial charge in [-0.15, -0.1) is 0 Å². The Morgan fingerprint density at radius 1 is 1.15 bits per heavy atom. The van der Waals surface area contributed by atoms with Crippen LogP contribution < -0.4 is 0 Å². The highest BCUT2D eigenvalue weighted by molar-refractivity contribution is 5.76. The van der Waals surface area contributed by atoms with Gasteiger partial charge in [0.1, 0.15) is 6.54 Å². The first-order chi connectivity index (χ1) is 12.6. The van der Waals surface area contributed by atoms with E-state index in [1.807, 2.05) is 19.2 Å². The molecule has 1 spiro atoms. The van der Waals surface area contributed by atoms with Gasteiger partial charge in [0, 0.05) is 37.8 Å². The Balaban J connectivity index is 1.31. The zero-order chi connectivity index (χ0) is 18.0. The maximum atomic E-state index is 12.7. The molecule has 3 heterocycles. The number of likely N-dealkylation sites (tertiary alicyclic amines) is 2. The van der Waals surface area contributed by atoms with Crippen molar-refractivity contribution in [1.29, 1.82) is 0 Å². The first-order valence-electron chi connectivity index (χ1n) is 10.6. The zero-order valence-electron chi connectivity index (χ0n) is 16.3. The topological polar surface area (TPSA) is 41.4 Å². The van der Waals surface area contributed by atoms with E-state index in [0.717, 1.165) is 24.7 Å². The van der Waals surface area contributed by atoms with Crippen LogP contribution in [0.2, 0.25) is 0 Å². The molecule has 0 unspecified atom stereocenters. The van der Waals surface area contributed by atoms with Gasteiger partial charge in [0.2, 0.25) is 5.91 Å². The van der Waals surface area contributed by atoms with Gasteiger partial charge < -0.3 is 9.80 Å². The second kappa shape index (κ2) is 7.71. The molecule has 1 aromatic rings. The Hall–Kier alpha value is -1.36. The van der Waals surface area contributed by atoms with Crippen molar-refractivity contribution in [2.24, 2.45) is 11.3 Å². The van der Waals surface area contributed by atoms with Crippen LogP contribution in [0.3, 0.4) is 0 Å². The van der Waals surface area contributed by atoms with E-state index < -0.39 is 0 Å². The molecular formula is C21H34N4O. The predicted octanol–water partition coefficient (Wildman–Crippen LogP) is 3.09. The van der Waals surface area contributed by atoms with Gasteiger partial charge in [-0.1, -0.05) is 19.3 Å². The standard InChI is InChI=1S/C21H34N4O/c1-18-8-12-25(22-18)15-20(26)24-13-10-21(17-24)9-5-11-23(16-21)14-19-6-3-2-4-7-19/h8,12,19H,2-7,9-11,13-17H2,1H3/t21-/m0/s1. The average Bonchev–Trinajstić information content (AvgIpc) is 3.22. The summed E-state index contributed by atoms with van der Waals surface area (Å²) in [6.45, 7) is 7.99. The first kappa shape index (κ1) is 18.0. The first-order valence-corrected chi connectivity index (χ1v) is 10.6. The van der Waals surface area contributed by atoms with Crippen molar-refractivity contribution in [3.05, 3.63) is 18.0 Å². The number of piperidine rings is 1. The minimum atomic E-state index is 0.231. The third-order valence-electron chi connectivity index (χ3n) is 6.84. The zero-order valence-corrected chi connectivity index (χ0v) is 16.3. The predicted molar refractivity (Wildman–Crippen MR) is 103 cm³/mol. The molecular weight excluding hydrogens is 324 g/mol. The maximum Gasteiger partial charge on any atom is 0.244 e. The molecule has 0 radical (unpaired) electrons. The number of hydrogen-bond donors (Lipinski definition) is 0. The number of carbonyl (C=O) groups is 1. The molecule has 26 heavy (non-hydrogen) atoms. The molecule has 0 aromatic carbocycles. The van der Waals surface area contributed by atoms with E-state index in [4.69, 9.17) is 0 Å². The fourth-order valence-corrected chi connectivity index (χ4v) is 5.47. The lowest BCUT2D eigenvalue weighted by Gasteiger charge is -2.42. The lowest BCUT2D eigenvalue weighted by molar-refractivity contribution is -0.131. The van der Waals surface area contributed by atoms with Crippen molar-refractivity contribution in [3.8, 4) is 0 Å². The molecule has 5 heteroatoms. The van der Waals surface area contributed by atoms with Gasteiger partial charge in [0.15, 0.2) is 0 Å². The highest BCUT2D eigenvalue weighted by atomic mass is 16.2. The Bertz CT molecular complexity index is 621. The molecule has 3 fully saturated rings. The Morgan fingerprint density at radius 3 is 2.77 bits per heavy atom. The van der Waals surface area contributed by atoms with E-state index in [1.165, 1.54) is 71.0 Å². The molecule has 0 bridgehead atoms. The fourth-order valence-electron chi connectivity index (χ4n) is 5.47. The number of carbonyl (C=O) groups excluding carboxylic acids is 1. The van der Waals surface area contributed by atoms with Crippen molar-refractivity contribution >= 4 is 5.91 Å². The Labute approximate surface area is 157 Å². The summed E-state index contributed by atoms with van der Waals surface area (Å²) in [5, 5.41) is 4.36. The highest BCUT2D eigenvalue weighted by Gasteiger charge is 2.42. The van der Waals surface area contributed by atoms with E-state index >= 15 is 0 Å². The molecule has 1 saturated carbocycles. The van der Waals surface area contributed by atoms with Crippen molar-refractivity contribution in [2.45, 2.75) is 64.8 Å². The van der Waals surface area contributed by atoms with Gasteiger partial charge in [-0.25, -0.2) is 0 Å². The van der Waals surface area contributed by atoms with E-state index in [1.54, 1.807) is 4.68 Å². The number of nitrogens with zero attached hydrogens (tertiary/aromatic N) is 4. The van der Waals surface area contributed by atoms with E-state index in [2.05, 4.69) is 14.9 Å². The number of hydrogen-bond acceptors (Lipinski definition) is 3. The van der Waals surface area contributed by atoms with Gasteiger partial charge in [-0.05, 0) is 57.6 Å². The maximum absolute atomic E-state index is 12.7. The average molecular weight is 359 g/mol. The minimum absolute atomic E-state index is 0.231. The summed E-state index contributed by atoms with van der Waals surface area (Å²) in [6, 6.07) is 1.96. The molecule has 144 valence electrons. The normalized spacial score (nSPS) is 28.1. The third-order valence-corrected chi connectivity index (χ3v) is 6.84. The van der Waals surface area contributed by atoms with E-state index in [0.29, 0.717) is 12.0 Å². The highest BCUT2D eigenvalue weighted by Crippen LogP contribution is 2.39. The second-order valence-electron chi connectivity index (χ2n) is 9.06. The van der Waals surface area contributed by atoms with Crippen LogP contribution in [0.15, 0.2) is 12.3 Å². The molecule has 4 rings (SSSR count). The number of amides is 1. The molecule has 5 nitrogen and oxygen atoms in total. The van der Waals surface area contributed by atoms with Crippen LogP contribution in [0.25, 0.3) is 0 Å². The van der Waals surface area contributed by atoms with Crippen molar-refractivity contribution in [3.63, 3.8) is 0 Å². The molecule has 3 aliphatic rings. The van der Waals surface area contributed by atoms with Gasteiger partial charge in [0.25, 0.3) is 0 Å². The molecule has 0 N–H and O–H groups in total. The van der Waals surface area contributed by atoms with Crippen LogP contribution in [0.5, 0.6) is 0 Å². The van der Waals surface area contributed by atoms with Crippen LogP contribution in [0, 0.1) is 18.3 Å². The summed E-state index contributed by atoms with van der Waals surface area (Å²) in [6.07, 6.45) is 12.8. The van der Waals surface area contributed by atoms with E-state index in [-0.39, 0.29) is 5.91 Å². The quantitative estimate of drug-likeness (QED) is 0.830. The van der Waals surface area contributed by atoms with Crippen LogP contribution in [0.4, 0.5) is 0 Å². The SMILES string of the molecule is Cc1ccn(CC(=O)N2CC[C@]3(CCCN(CC4CCCCC4)C3)C2)n1. The monoisotopic (exact) mass is 358 g/mol.